The number of hydrogen-bond acceptors (Lipinski definition) is 6. The van der Waals surface area contributed by atoms with E-state index in [0.29, 0.717) is 11.3 Å². The average Bonchev–Trinajstić information content (AvgIpc) is 3.23. The summed E-state index contributed by atoms with van der Waals surface area (Å²) < 4.78 is 30.1. The third-order valence-electron chi connectivity index (χ3n) is 3.41. The average molecular weight is 331 g/mol. The number of ether oxygens (including phenoxy) is 2. The summed E-state index contributed by atoms with van der Waals surface area (Å²) in [6.07, 6.45) is 1.70. The van der Waals surface area contributed by atoms with Gasteiger partial charge in [-0.05, 0) is 30.3 Å². The molecular formula is C16H14FN3O4. The predicted octanol–water partition coefficient (Wildman–Crippen LogP) is 2.53. The molecule has 0 unspecified atom stereocenters. The van der Waals surface area contributed by atoms with Crippen LogP contribution in [-0.4, -0.2) is 34.9 Å². The maximum Gasteiger partial charge on any atom is 0.325 e. The summed E-state index contributed by atoms with van der Waals surface area (Å²) in [5, 5.41) is 3.89. The first-order chi connectivity index (χ1) is 11.6. The van der Waals surface area contributed by atoms with Crippen molar-refractivity contribution in [3.8, 4) is 28.7 Å². The Morgan fingerprint density at radius 1 is 1.33 bits per heavy atom. The number of carbonyl (C=O) groups is 1. The predicted molar refractivity (Wildman–Crippen MR) is 81.7 cm³/mol. The summed E-state index contributed by atoms with van der Waals surface area (Å²) in [5.41, 5.74) is 1.02. The van der Waals surface area contributed by atoms with Gasteiger partial charge < -0.3 is 18.6 Å². The van der Waals surface area contributed by atoms with Crippen LogP contribution in [0.3, 0.4) is 0 Å². The summed E-state index contributed by atoms with van der Waals surface area (Å²) in [4.78, 5) is 15.7. The van der Waals surface area contributed by atoms with E-state index in [4.69, 9.17) is 9.26 Å². The number of nitrogens with zero attached hydrogens (tertiary/aromatic N) is 3. The minimum absolute atomic E-state index is 0.0276. The zero-order valence-corrected chi connectivity index (χ0v) is 13.0. The molecule has 24 heavy (non-hydrogen) atoms. The van der Waals surface area contributed by atoms with Crippen molar-refractivity contribution in [2.45, 2.75) is 6.54 Å². The van der Waals surface area contributed by atoms with Crippen molar-refractivity contribution in [1.82, 2.24) is 14.7 Å². The number of benzene rings is 1. The van der Waals surface area contributed by atoms with Crippen LogP contribution in [0, 0.1) is 5.82 Å². The quantitative estimate of drug-likeness (QED) is 0.669. The lowest BCUT2D eigenvalue weighted by molar-refractivity contribution is -0.141. The molecule has 0 atom stereocenters. The monoisotopic (exact) mass is 331 g/mol. The summed E-state index contributed by atoms with van der Waals surface area (Å²) >= 11 is 0. The number of aromatic nitrogens is 3. The molecule has 0 N–H and O–H groups in total. The second kappa shape index (κ2) is 6.53. The van der Waals surface area contributed by atoms with E-state index < -0.39 is 11.8 Å². The highest BCUT2D eigenvalue weighted by atomic mass is 19.1. The first kappa shape index (κ1) is 15.7. The molecule has 124 valence electrons. The second-order valence-corrected chi connectivity index (χ2v) is 4.87. The Hall–Kier alpha value is -3.16. The van der Waals surface area contributed by atoms with Gasteiger partial charge in [-0.3, -0.25) is 4.79 Å². The zero-order chi connectivity index (χ0) is 17.1. The van der Waals surface area contributed by atoms with Gasteiger partial charge in [0.25, 0.3) is 5.89 Å². The molecule has 3 aromatic rings. The lowest BCUT2D eigenvalue weighted by Gasteiger charge is -2.04. The number of hydrogen-bond donors (Lipinski definition) is 0. The molecular weight excluding hydrogens is 317 g/mol. The van der Waals surface area contributed by atoms with Gasteiger partial charge in [0.2, 0.25) is 5.82 Å². The van der Waals surface area contributed by atoms with Crippen LogP contribution in [0.5, 0.6) is 5.75 Å². The van der Waals surface area contributed by atoms with Gasteiger partial charge in [0, 0.05) is 11.8 Å². The highest BCUT2D eigenvalue weighted by molar-refractivity contribution is 5.70. The largest absolute Gasteiger partial charge is 0.494 e. The van der Waals surface area contributed by atoms with E-state index in [-0.39, 0.29) is 24.0 Å². The Kier molecular flexibility index (Phi) is 4.28. The number of esters is 1. The Morgan fingerprint density at radius 2 is 2.17 bits per heavy atom. The van der Waals surface area contributed by atoms with Gasteiger partial charge >= 0.3 is 5.97 Å². The van der Waals surface area contributed by atoms with Crippen LogP contribution in [-0.2, 0) is 16.1 Å². The molecule has 0 amide bonds. The van der Waals surface area contributed by atoms with Gasteiger partial charge in [-0.2, -0.15) is 4.98 Å². The molecule has 1 aromatic carbocycles. The van der Waals surface area contributed by atoms with Gasteiger partial charge in [0.15, 0.2) is 11.6 Å². The van der Waals surface area contributed by atoms with Crippen LogP contribution in [0.2, 0.25) is 0 Å². The third-order valence-corrected chi connectivity index (χ3v) is 3.41. The highest BCUT2D eigenvalue weighted by Crippen LogP contribution is 2.26. The SMILES string of the molecule is COC(=O)Cn1cccc1-c1noc(-c2ccc(OC)c(F)c2)n1. The molecule has 0 bridgehead atoms. The van der Waals surface area contributed by atoms with Gasteiger partial charge in [-0.25, -0.2) is 4.39 Å². The summed E-state index contributed by atoms with van der Waals surface area (Å²) in [5.74, 6) is -0.338. The first-order valence-electron chi connectivity index (χ1n) is 7.02. The van der Waals surface area contributed by atoms with E-state index in [1.807, 2.05) is 0 Å². The van der Waals surface area contributed by atoms with Crippen molar-refractivity contribution in [3.63, 3.8) is 0 Å². The fourth-order valence-electron chi connectivity index (χ4n) is 2.20. The maximum absolute atomic E-state index is 13.8. The number of rotatable bonds is 5. The molecule has 8 heteroatoms. The molecule has 2 aromatic heterocycles. The van der Waals surface area contributed by atoms with Crippen LogP contribution in [0.25, 0.3) is 23.0 Å². The summed E-state index contributed by atoms with van der Waals surface area (Å²) in [7, 11) is 2.70. The van der Waals surface area contributed by atoms with Crippen molar-refractivity contribution < 1.29 is 23.2 Å². The molecule has 0 fully saturated rings. The number of halogens is 1. The lowest BCUT2D eigenvalue weighted by Crippen LogP contribution is -2.11. The van der Waals surface area contributed by atoms with Gasteiger partial charge in [-0.1, -0.05) is 5.16 Å². The smallest absolute Gasteiger partial charge is 0.325 e. The second-order valence-electron chi connectivity index (χ2n) is 4.87. The molecule has 7 nitrogen and oxygen atoms in total. The fourth-order valence-corrected chi connectivity index (χ4v) is 2.20. The van der Waals surface area contributed by atoms with Crippen LogP contribution in [0.1, 0.15) is 0 Å². The van der Waals surface area contributed by atoms with E-state index >= 15 is 0 Å². The Balaban J connectivity index is 1.90. The van der Waals surface area contributed by atoms with E-state index in [2.05, 4.69) is 14.9 Å². The van der Waals surface area contributed by atoms with E-state index in [1.165, 1.54) is 26.4 Å². The molecule has 0 saturated heterocycles. The van der Waals surface area contributed by atoms with E-state index in [9.17, 15) is 9.18 Å². The molecule has 0 aliphatic rings. The molecule has 0 saturated carbocycles. The molecule has 2 heterocycles. The van der Waals surface area contributed by atoms with E-state index in [1.54, 1.807) is 29.0 Å². The maximum atomic E-state index is 13.8. The minimum Gasteiger partial charge on any atom is -0.494 e. The minimum atomic E-state index is -0.524. The lowest BCUT2D eigenvalue weighted by atomic mass is 10.2. The van der Waals surface area contributed by atoms with Crippen molar-refractivity contribution in [3.05, 3.63) is 42.3 Å². The topological polar surface area (TPSA) is 79.4 Å². The summed E-state index contributed by atoms with van der Waals surface area (Å²) in [6.45, 7) is 0.0276. The Bertz CT molecular complexity index is 872. The molecule has 0 aliphatic heterocycles. The molecule has 0 spiro atoms. The summed E-state index contributed by atoms with van der Waals surface area (Å²) in [6, 6.07) is 7.85. The number of carbonyl (C=O) groups excluding carboxylic acids is 1. The van der Waals surface area contributed by atoms with Crippen molar-refractivity contribution in [2.24, 2.45) is 0 Å². The Labute approximate surface area is 136 Å². The zero-order valence-electron chi connectivity index (χ0n) is 13.0. The van der Waals surface area contributed by atoms with Gasteiger partial charge in [-0.15, -0.1) is 0 Å². The van der Waals surface area contributed by atoms with Crippen LogP contribution >= 0.6 is 0 Å². The van der Waals surface area contributed by atoms with Crippen LogP contribution in [0.4, 0.5) is 4.39 Å². The fraction of sp³-hybridized carbons (Fsp3) is 0.188. The van der Waals surface area contributed by atoms with Crippen molar-refractivity contribution >= 4 is 5.97 Å². The number of methoxy groups -OCH3 is 2. The van der Waals surface area contributed by atoms with Crippen LogP contribution < -0.4 is 4.74 Å². The Morgan fingerprint density at radius 3 is 2.88 bits per heavy atom. The third kappa shape index (κ3) is 2.98. The molecule has 0 radical (unpaired) electrons. The van der Waals surface area contributed by atoms with Crippen LogP contribution in [0.15, 0.2) is 41.1 Å². The standard InChI is InChI=1S/C16H14FN3O4/c1-22-13-6-5-10(8-11(13)17)16-18-15(19-24-16)12-4-3-7-20(12)9-14(21)23-2/h3-8H,9H2,1-2H3. The molecule has 0 aliphatic carbocycles. The normalized spacial score (nSPS) is 10.6. The van der Waals surface area contributed by atoms with Crippen molar-refractivity contribution in [1.29, 1.82) is 0 Å². The first-order valence-corrected chi connectivity index (χ1v) is 7.02. The van der Waals surface area contributed by atoms with Gasteiger partial charge in [0.1, 0.15) is 6.54 Å². The highest BCUT2D eigenvalue weighted by Gasteiger charge is 2.16. The van der Waals surface area contributed by atoms with Crippen molar-refractivity contribution in [2.75, 3.05) is 14.2 Å². The van der Waals surface area contributed by atoms with Gasteiger partial charge in [0.05, 0.1) is 19.9 Å². The molecule has 3 rings (SSSR count). The van der Waals surface area contributed by atoms with E-state index in [0.717, 1.165) is 0 Å².